The molecule has 0 aromatic heterocycles. The molecule has 0 spiro atoms. The number of rotatable bonds is 5. The normalized spacial score (nSPS) is 16.2. The van der Waals surface area contributed by atoms with Gasteiger partial charge < -0.3 is 20.3 Å². The monoisotopic (exact) mass is 438 g/mol. The lowest BCUT2D eigenvalue weighted by Gasteiger charge is -2.32. The molecule has 0 unspecified atom stereocenters. The highest BCUT2D eigenvalue weighted by molar-refractivity contribution is 9.10. The number of piperidine rings is 1. The maximum absolute atomic E-state index is 11.6. The first-order valence-corrected chi connectivity index (χ1v) is 10.3. The smallest absolute Gasteiger partial charge is 0.409 e. The quantitative estimate of drug-likeness (QED) is 0.545. The number of benzene rings is 1. The van der Waals surface area contributed by atoms with Crippen molar-refractivity contribution in [3.63, 3.8) is 0 Å². The maximum atomic E-state index is 11.6. The molecule has 150 valence electrons. The Morgan fingerprint density at radius 3 is 2.59 bits per heavy atom. The Balaban J connectivity index is 1.98. The van der Waals surface area contributed by atoms with E-state index < -0.39 is 0 Å². The summed E-state index contributed by atoms with van der Waals surface area (Å²) in [5.74, 6) is 0.828. The van der Waals surface area contributed by atoms with Gasteiger partial charge in [0, 0.05) is 35.6 Å². The SMILES string of the molecule is CCNC(=NCC(C)(C)c1ccccc1Br)NC1CCN(C(=O)OC)CC1. The van der Waals surface area contributed by atoms with Crippen LogP contribution in [0.3, 0.4) is 0 Å². The Bertz CT molecular complexity index is 655. The summed E-state index contributed by atoms with van der Waals surface area (Å²) in [5.41, 5.74) is 1.16. The number of hydrogen-bond donors (Lipinski definition) is 2. The van der Waals surface area contributed by atoms with E-state index in [4.69, 9.17) is 9.73 Å². The summed E-state index contributed by atoms with van der Waals surface area (Å²) >= 11 is 3.65. The van der Waals surface area contributed by atoms with Gasteiger partial charge in [-0.2, -0.15) is 0 Å². The number of ether oxygens (including phenoxy) is 1. The number of carbonyl (C=O) groups is 1. The van der Waals surface area contributed by atoms with Gasteiger partial charge in [-0.1, -0.05) is 48.0 Å². The summed E-state index contributed by atoms with van der Waals surface area (Å²) in [6.07, 6.45) is 1.52. The van der Waals surface area contributed by atoms with Crippen LogP contribution in [0, 0.1) is 0 Å². The van der Waals surface area contributed by atoms with Crippen molar-refractivity contribution in [2.24, 2.45) is 4.99 Å². The van der Waals surface area contributed by atoms with Gasteiger partial charge in [-0.25, -0.2) is 4.79 Å². The van der Waals surface area contributed by atoms with Crippen molar-refractivity contribution in [3.8, 4) is 0 Å². The first-order chi connectivity index (χ1) is 12.9. The van der Waals surface area contributed by atoms with Crippen LogP contribution in [0.1, 0.15) is 39.2 Å². The molecule has 7 heteroatoms. The number of guanidine groups is 1. The number of halogens is 1. The van der Waals surface area contributed by atoms with Crippen molar-refractivity contribution in [2.75, 3.05) is 33.3 Å². The van der Waals surface area contributed by atoms with Gasteiger partial charge in [0.1, 0.15) is 0 Å². The summed E-state index contributed by atoms with van der Waals surface area (Å²) in [6, 6.07) is 8.60. The molecule has 0 radical (unpaired) electrons. The average Bonchev–Trinajstić information content (AvgIpc) is 2.66. The summed E-state index contributed by atoms with van der Waals surface area (Å²) in [4.78, 5) is 18.2. The zero-order chi connectivity index (χ0) is 19.9. The standard InChI is InChI=1S/C20H31BrN4O2/c1-5-22-18(24-15-10-12-25(13-11-15)19(26)27-4)23-14-20(2,3)16-8-6-7-9-17(16)21/h6-9,15H,5,10-14H2,1-4H3,(H2,22,23,24). The predicted molar refractivity (Wildman–Crippen MR) is 113 cm³/mol. The minimum absolute atomic E-state index is 0.0866. The third-order valence-corrected chi connectivity index (χ3v) is 5.54. The van der Waals surface area contributed by atoms with Crippen LogP contribution in [0.15, 0.2) is 33.7 Å². The molecule has 27 heavy (non-hydrogen) atoms. The van der Waals surface area contributed by atoms with Crippen molar-refractivity contribution in [1.29, 1.82) is 0 Å². The van der Waals surface area contributed by atoms with E-state index in [1.807, 2.05) is 6.07 Å². The number of hydrogen-bond acceptors (Lipinski definition) is 3. The molecule has 1 saturated heterocycles. The molecule has 1 heterocycles. The number of amides is 1. The summed E-state index contributed by atoms with van der Waals surface area (Å²) in [7, 11) is 1.43. The van der Waals surface area contributed by atoms with Gasteiger partial charge in [0.2, 0.25) is 0 Å². The van der Waals surface area contributed by atoms with Gasteiger partial charge >= 0.3 is 6.09 Å². The van der Waals surface area contributed by atoms with Crippen molar-refractivity contribution in [3.05, 3.63) is 34.3 Å². The van der Waals surface area contributed by atoms with Crippen molar-refractivity contribution >= 4 is 28.0 Å². The molecular formula is C20H31BrN4O2. The van der Waals surface area contributed by atoms with Crippen LogP contribution >= 0.6 is 15.9 Å². The van der Waals surface area contributed by atoms with Crippen LogP contribution < -0.4 is 10.6 Å². The van der Waals surface area contributed by atoms with E-state index in [0.29, 0.717) is 25.7 Å². The number of likely N-dealkylation sites (tertiary alicyclic amines) is 1. The molecule has 6 nitrogen and oxygen atoms in total. The molecule has 1 aliphatic rings. The Morgan fingerprint density at radius 2 is 2.00 bits per heavy atom. The fourth-order valence-electron chi connectivity index (χ4n) is 3.22. The Hall–Kier alpha value is -1.76. The second-order valence-electron chi connectivity index (χ2n) is 7.43. The molecule has 1 aromatic carbocycles. The van der Waals surface area contributed by atoms with E-state index in [0.717, 1.165) is 29.8 Å². The summed E-state index contributed by atoms with van der Waals surface area (Å²) < 4.78 is 5.91. The van der Waals surface area contributed by atoms with Gasteiger partial charge in [0.05, 0.1) is 13.7 Å². The third-order valence-electron chi connectivity index (χ3n) is 4.85. The van der Waals surface area contributed by atoms with Crippen LogP contribution in [-0.2, 0) is 10.2 Å². The number of methoxy groups -OCH3 is 1. The van der Waals surface area contributed by atoms with E-state index in [-0.39, 0.29) is 11.5 Å². The van der Waals surface area contributed by atoms with E-state index in [1.54, 1.807) is 4.90 Å². The third kappa shape index (κ3) is 6.13. The second kappa shape index (κ2) is 9.97. The van der Waals surface area contributed by atoms with Crippen LogP contribution in [0.25, 0.3) is 0 Å². The highest BCUT2D eigenvalue weighted by Gasteiger charge is 2.25. The topological polar surface area (TPSA) is 66.0 Å². The number of nitrogens with zero attached hydrogens (tertiary/aromatic N) is 2. The highest BCUT2D eigenvalue weighted by Crippen LogP contribution is 2.30. The van der Waals surface area contributed by atoms with Crippen molar-refractivity contribution in [2.45, 2.75) is 45.1 Å². The minimum Gasteiger partial charge on any atom is -0.453 e. The first kappa shape index (κ1) is 21.5. The average molecular weight is 439 g/mol. The molecule has 1 aliphatic heterocycles. The Kier molecular flexibility index (Phi) is 7.95. The molecular weight excluding hydrogens is 408 g/mol. The summed E-state index contributed by atoms with van der Waals surface area (Å²) in [5, 5.41) is 6.86. The molecule has 2 rings (SSSR count). The molecule has 0 bridgehead atoms. The van der Waals surface area contributed by atoms with Crippen LogP contribution in [0.2, 0.25) is 0 Å². The largest absolute Gasteiger partial charge is 0.453 e. The molecule has 0 aliphatic carbocycles. The summed E-state index contributed by atoms with van der Waals surface area (Å²) in [6.45, 7) is 9.35. The lowest BCUT2D eigenvalue weighted by atomic mass is 9.85. The van der Waals surface area contributed by atoms with Crippen molar-refractivity contribution < 1.29 is 9.53 Å². The maximum Gasteiger partial charge on any atom is 0.409 e. The zero-order valence-electron chi connectivity index (χ0n) is 16.7. The zero-order valence-corrected chi connectivity index (χ0v) is 18.3. The highest BCUT2D eigenvalue weighted by atomic mass is 79.9. The second-order valence-corrected chi connectivity index (χ2v) is 8.29. The lowest BCUT2D eigenvalue weighted by Crippen LogP contribution is -2.50. The molecule has 0 atom stereocenters. The number of nitrogens with one attached hydrogen (secondary N) is 2. The van der Waals surface area contributed by atoms with E-state index in [1.165, 1.54) is 12.7 Å². The van der Waals surface area contributed by atoms with Crippen LogP contribution in [-0.4, -0.2) is 56.3 Å². The van der Waals surface area contributed by atoms with Gasteiger partial charge in [0.25, 0.3) is 0 Å². The van der Waals surface area contributed by atoms with E-state index in [2.05, 4.69) is 65.5 Å². The van der Waals surface area contributed by atoms with Gasteiger partial charge in [-0.05, 0) is 31.4 Å². The first-order valence-electron chi connectivity index (χ1n) is 9.50. The van der Waals surface area contributed by atoms with Crippen LogP contribution in [0.4, 0.5) is 4.79 Å². The molecule has 1 fully saturated rings. The number of carbonyl (C=O) groups excluding carboxylic acids is 1. The van der Waals surface area contributed by atoms with Gasteiger partial charge in [-0.15, -0.1) is 0 Å². The predicted octanol–water partition coefficient (Wildman–Crippen LogP) is 3.51. The molecule has 2 N–H and O–H groups in total. The van der Waals surface area contributed by atoms with Crippen molar-refractivity contribution in [1.82, 2.24) is 15.5 Å². The van der Waals surface area contributed by atoms with E-state index >= 15 is 0 Å². The van der Waals surface area contributed by atoms with Crippen LogP contribution in [0.5, 0.6) is 0 Å². The molecule has 1 amide bonds. The minimum atomic E-state index is -0.246. The fourth-order valence-corrected chi connectivity index (χ4v) is 4.04. The number of aliphatic imine (C=N–C) groups is 1. The van der Waals surface area contributed by atoms with E-state index in [9.17, 15) is 4.79 Å². The Morgan fingerprint density at radius 1 is 1.33 bits per heavy atom. The van der Waals surface area contributed by atoms with Gasteiger partial charge in [0.15, 0.2) is 5.96 Å². The Labute approximate surface area is 170 Å². The molecule has 1 aromatic rings. The van der Waals surface area contributed by atoms with Gasteiger partial charge in [-0.3, -0.25) is 4.99 Å². The fraction of sp³-hybridized carbons (Fsp3) is 0.600. The lowest BCUT2D eigenvalue weighted by molar-refractivity contribution is 0.111. The molecule has 0 saturated carbocycles.